The molecule has 1 atom stereocenters. The molecule has 1 heterocycles. The molecule has 1 fully saturated rings. The average Bonchev–Trinajstić information content (AvgIpc) is 3.15. The number of hydrogen-bond donors (Lipinski definition) is 1. The molecule has 3 rings (SSSR count). The number of nitrogens with zero attached hydrogens (tertiary/aromatic N) is 2. The van der Waals surface area contributed by atoms with Crippen LogP contribution in [-0.4, -0.2) is 65.4 Å². The molecule has 0 radical (unpaired) electrons. The Bertz CT molecular complexity index is 1100. The minimum atomic E-state index is -0.972. The van der Waals surface area contributed by atoms with Crippen LogP contribution in [0, 0.1) is 0 Å². The summed E-state index contributed by atoms with van der Waals surface area (Å²) in [4.78, 5) is 28.2. The van der Waals surface area contributed by atoms with Crippen molar-refractivity contribution in [2.75, 3.05) is 32.8 Å². The third-order valence-electron chi connectivity index (χ3n) is 6.68. The van der Waals surface area contributed by atoms with Gasteiger partial charge in [-0.3, -0.25) is 9.80 Å². The fourth-order valence-electron chi connectivity index (χ4n) is 4.57. The molecule has 2 aliphatic carbocycles. The predicted octanol–water partition coefficient (Wildman–Crippen LogP) is 6.47. The van der Waals surface area contributed by atoms with Crippen molar-refractivity contribution >= 4 is 23.7 Å². The SMILES string of the molecule is CCO/C1=C/C(CN(CC)CCC2(C)CN(C3=C/CCC=C(C(=O)O)/C=C\3)C(=O)O2)=C\C/C=C\C=C(\Cl)C1. The van der Waals surface area contributed by atoms with Gasteiger partial charge in [0.25, 0.3) is 0 Å². The van der Waals surface area contributed by atoms with Crippen LogP contribution in [0.1, 0.15) is 52.9 Å². The fourth-order valence-corrected chi connectivity index (χ4v) is 4.77. The zero-order valence-corrected chi connectivity index (χ0v) is 23.4. The number of carbonyl (C=O) groups is 2. The van der Waals surface area contributed by atoms with E-state index in [9.17, 15) is 14.7 Å². The summed E-state index contributed by atoms with van der Waals surface area (Å²) < 4.78 is 11.7. The Hall–Kier alpha value is -3.03. The van der Waals surface area contributed by atoms with Gasteiger partial charge in [0.05, 0.1) is 18.7 Å². The smallest absolute Gasteiger partial charge is 0.415 e. The van der Waals surface area contributed by atoms with E-state index >= 15 is 0 Å². The van der Waals surface area contributed by atoms with E-state index < -0.39 is 17.7 Å². The normalized spacial score (nSPS) is 29.7. The summed E-state index contributed by atoms with van der Waals surface area (Å²) >= 11 is 6.36. The molecule has 1 saturated heterocycles. The Balaban J connectivity index is 1.66. The van der Waals surface area contributed by atoms with Crippen molar-refractivity contribution in [2.45, 2.75) is 58.5 Å². The molecule has 8 heteroatoms. The van der Waals surface area contributed by atoms with Crippen molar-refractivity contribution in [3.63, 3.8) is 0 Å². The lowest BCUT2D eigenvalue weighted by molar-refractivity contribution is -0.132. The number of carboxylic acids is 1. The molecule has 3 aliphatic rings. The van der Waals surface area contributed by atoms with E-state index in [1.165, 1.54) is 0 Å². The van der Waals surface area contributed by atoms with Gasteiger partial charge in [0.1, 0.15) is 11.4 Å². The minimum absolute atomic E-state index is 0.231. The van der Waals surface area contributed by atoms with Gasteiger partial charge < -0.3 is 14.6 Å². The van der Waals surface area contributed by atoms with Crippen LogP contribution in [0.3, 0.4) is 0 Å². The number of ether oxygens (including phenoxy) is 2. The average molecular weight is 543 g/mol. The van der Waals surface area contributed by atoms with E-state index in [0.717, 1.165) is 42.4 Å². The van der Waals surface area contributed by atoms with Gasteiger partial charge in [0.2, 0.25) is 0 Å². The zero-order valence-electron chi connectivity index (χ0n) is 22.6. The molecule has 0 bridgehead atoms. The second-order valence-electron chi connectivity index (χ2n) is 9.80. The third kappa shape index (κ3) is 8.77. The van der Waals surface area contributed by atoms with E-state index in [2.05, 4.69) is 30.1 Å². The molecule has 1 aliphatic heterocycles. The molecule has 206 valence electrons. The predicted molar refractivity (Wildman–Crippen MR) is 151 cm³/mol. The van der Waals surface area contributed by atoms with Crippen molar-refractivity contribution in [1.29, 1.82) is 0 Å². The number of carboxylic acid groups (broad SMARTS) is 1. The number of hydrogen-bond acceptors (Lipinski definition) is 5. The van der Waals surface area contributed by atoms with E-state index in [1.807, 2.05) is 32.1 Å². The first-order valence-electron chi connectivity index (χ1n) is 13.3. The number of likely N-dealkylation sites (N-methyl/N-ethyl adjacent to an activating group) is 1. The summed E-state index contributed by atoms with van der Waals surface area (Å²) in [6.07, 6.45) is 20.0. The van der Waals surface area contributed by atoms with Crippen molar-refractivity contribution in [2.24, 2.45) is 0 Å². The van der Waals surface area contributed by atoms with Gasteiger partial charge in [-0.25, -0.2) is 9.59 Å². The lowest BCUT2D eigenvalue weighted by Crippen LogP contribution is -2.37. The van der Waals surface area contributed by atoms with Crippen molar-refractivity contribution in [1.82, 2.24) is 9.80 Å². The molecule has 38 heavy (non-hydrogen) atoms. The number of allylic oxidation sites excluding steroid dienone is 8. The van der Waals surface area contributed by atoms with Crippen LogP contribution in [0.2, 0.25) is 0 Å². The lowest BCUT2D eigenvalue weighted by atomic mass is 10.0. The van der Waals surface area contributed by atoms with E-state index in [4.69, 9.17) is 21.1 Å². The number of aliphatic carboxylic acids is 1. The molecule has 1 amide bonds. The Morgan fingerprint density at radius 1 is 1.24 bits per heavy atom. The maximum absolute atomic E-state index is 12.8. The molecule has 0 saturated carbocycles. The number of rotatable bonds is 10. The highest BCUT2D eigenvalue weighted by molar-refractivity contribution is 6.29. The molecule has 1 unspecified atom stereocenters. The largest absolute Gasteiger partial charge is 0.498 e. The number of carbonyl (C=O) groups excluding carboxylic acids is 1. The highest BCUT2D eigenvalue weighted by atomic mass is 35.5. The van der Waals surface area contributed by atoms with E-state index in [-0.39, 0.29) is 5.57 Å². The first kappa shape index (κ1) is 29.5. The summed E-state index contributed by atoms with van der Waals surface area (Å²) in [5, 5.41) is 10.1. The van der Waals surface area contributed by atoms with Gasteiger partial charge in [-0.15, -0.1) is 0 Å². The zero-order chi connectivity index (χ0) is 27.5. The van der Waals surface area contributed by atoms with Crippen LogP contribution in [0.15, 0.2) is 82.3 Å². The van der Waals surface area contributed by atoms with E-state index in [0.29, 0.717) is 44.5 Å². The van der Waals surface area contributed by atoms with Crippen LogP contribution in [0.4, 0.5) is 4.79 Å². The molecule has 0 aromatic carbocycles. The Kier molecular flexibility index (Phi) is 11.0. The second kappa shape index (κ2) is 14.2. The Morgan fingerprint density at radius 3 is 2.76 bits per heavy atom. The molecule has 0 spiro atoms. The van der Waals surface area contributed by atoms with Crippen LogP contribution < -0.4 is 0 Å². The number of halogens is 1. The maximum atomic E-state index is 12.8. The molecular formula is C30H39ClN2O5. The monoisotopic (exact) mass is 542 g/mol. The Morgan fingerprint density at radius 2 is 2.03 bits per heavy atom. The van der Waals surface area contributed by atoms with Crippen molar-refractivity contribution in [3.8, 4) is 0 Å². The van der Waals surface area contributed by atoms with Crippen LogP contribution in [0.5, 0.6) is 0 Å². The van der Waals surface area contributed by atoms with Crippen LogP contribution >= 0.6 is 11.6 Å². The first-order chi connectivity index (χ1) is 18.2. The lowest BCUT2D eigenvalue weighted by Gasteiger charge is -2.27. The highest BCUT2D eigenvalue weighted by Gasteiger charge is 2.42. The summed E-state index contributed by atoms with van der Waals surface area (Å²) in [5.74, 6) is -0.125. The van der Waals surface area contributed by atoms with E-state index in [1.54, 1.807) is 23.1 Å². The molecule has 0 aromatic rings. The standard InChI is InChI=1S/C30H39ClN2O5/c1-4-32(21-23-11-7-6-8-13-25(31)20-27(19-23)37-5-2)18-17-30(3)22-33(29(36)38-30)26-14-10-9-12-24(15-16-26)28(34)35/h6,8,11-16,19H,4-5,7,9-10,17-18,20-22H2,1-3H3,(H,34,35)/b8-6-,16-15-,23-11+,24-12?,25-13+,26-14+,27-19+. The topological polar surface area (TPSA) is 79.3 Å². The van der Waals surface area contributed by atoms with Gasteiger partial charge in [-0.2, -0.15) is 0 Å². The summed E-state index contributed by atoms with van der Waals surface area (Å²) in [6.45, 7) is 9.39. The Labute approximate surface area is 231 Å². The summed E-state index contributed by atoms with van der Waals surface area (Å²) in [7, 11) is 0. The van der Waals surface area contributed by atoms with Gasteiger partial charge in [0, 0.05) is 36.7 Å². The molecular weight excluding hydrogens is 504 g/mol. The van der Waals surface area contributed by atoms with Gasteiger partial charge in [-0.05, 0) is 69.5 Å². The highest BCUT2D eigenvalue weighted by Crippen LogP contribution is 2.30. The summed E-state index contributed by atoms with van der Waals surface area (Å²) in [5.41, 5.74) is 1.42. The van der Waals surface area contributed by atoms with Gasteiger partial charge >= 0.3 is 12.1 Å². The van der Waals surface area contributed by atoms with Gasteiger partial charge in [0.15, 0.2) is 0 Å². The quantitative estimate of drug-likeness (QED) is 0.340. The van der Waals surface area contributed by atoms with Crippen LogP contribution in [-0.2, 0) is 14.3 Å². The van der Waals surface area contributed by atoms with Crippen molar-refractivity contribution in [3.05, 3.63) is 82.3 Å². The summed E-state index contributed by atoms with van der Waals surface area (Å²) in [6, 6.07) is 0. The first-order valence-corrected chi connectivity index (χ1v) is 13.7. The maximum Gasteiger partial charge on any atom is 0.415 e. The molecule has 1 N–H and O–H groups in total. The minimum Gasteiger partial charge on any atom is -0.498 e. The number of amides is 1. The second-order valence-corrected chi connectivity index (χ2v) is 10.3. The van der Waals surface area contributed by atoms with Crippen molar-refractivity contribution < 1.29 is 24.2 Å². The third-order valence-corrected chi connectivity index (χ3v) is 6.94. The molecule has 7 nitrogen and oxygen atoms in total. The van der Waals surface area contributed by atoms with Gasteiger partial charge in [-0.1, -0.05) is 48.9 Å². The van der Waals surface area contributed by atoms with Crippen LogP contribution in [0.25, 0.3) is 0 Å². The molecule has 0 aromatic heterocycles. The fraction of sp³-hybridized carbons (Fsp3) is 0.467. The number of cyclic esters (lactones) is 1.